The van der Waals surface area contributed by atoms with Crippen molar-refractivity contribution in [3.63, 3.8) is 0 Å². The summed E-state index contributed by atoms with van der Waals surface area (Å²) in [4.78, 5) is 18.2. The number of hydrogen-bond acceptors (Lipinski definition) is 3. The van der Waals surface area contributed by atoms with Gasteiger partial charge in [-0.2, -0.15) is 5.26 Å². The molecule has 5 heteroatoms. The molecule has 130 valence electrons. The fourth-order valence-electron chi connectivity index (χ4n) is 3.96. The van der Waals surface area contributed by atoms with E-state index in [2.05, 4.69) is 11.1 Å². The molecule has 0 saturated carbocycles. The summed E-state index contributed by atoms with van der Waals surface area (Å²) in [6.07, 6.45) is 0.940. The summed E-state index contributed by atoms with van der Waals surface area (Å²) in [5, 5.41) is 21.3. The third-order valence-electron chi connectivity index (χ3n) is 5.06. The molecule has 2 N–H and O–H groups in total. The van der Waals surface area contributed by atoms with Gasteiger partial charge in [-0.3, -0.25) is 4.79 Å². The molecule has 0 bridgehead atoms. The van der Waals surface area contributed by atoms with Gasteiger partial charge in [-0.15, -0.1) is 0 Å². The summed E-state index contributed by atoms with van der Waals surface area (Å²) >= 11 is 0. The van der Waals surface area contributed by atoms with E-state index < -0.39 is 5.60 Å². The summed E-state index contributed by atoms with van der Waals surface area (Å²) in [5.41, 5.74) is 1.84. The molecule has 1 aliphatic rings. The van der Waals surface area contributed by atoms with Crippen LogP contribution in [0.15, 0.2) is 48.5 Å². The first-order valence-electron chi connectivity index (χ1n) is 8.67. The van der Waals surface area contributed by atoms with Crippen LogP contribution in [0.3, 0.4) is 0 Å². The van der Waals surface area contributed by atoms with Crippen molar-refractivity contribution in [2.24, 2.45) is 0 Å². The number of anilines is 1. The number of amides is 1. The zero-order valence-electron chi connectivity index (χ0n) is 14.5. The Morgan fingerprint density at radius 1 is 1.19 bits per heavy atom. The molecule has 0 saturated heterocycles. The van der Waals surface area contributed by atoms with Gasteiger partial charge >= 0.3 is 0 Å². The van der Waals surface area contributed by atoms with Crippen molar-refractivity contribution < 1.29 is 9.90 Å². The van der Waals surface area contributed by atoms with Crippen molar-refractivity contribution in [2.75, 3.05) is 11.4 Å². The normalized spacial score (nSPS) is 19.0. The maximum Gasteiger partial charge on any atom is 0.268 e. The highest BCUT2D eigenvalue weighted by Crippen LogP contribution is 2.47. The van der Waals surface area contributed by atoms with Crippen LogP contribution >= 0.6 is 0 Å². The maximum absolute atomic E-state index is 13.4. The van der Waals surface area contributed by atoms with Crippen LogP contribution in [0.5, 0.6) is 0 Å². The number of unbranched alkanes of at least 4 members (excludes halogenated alkanes) is 1. The van der Waals surface area contributed by atoms with Gasteiger partial charge in [-0.25, -0.2) is 0 Å². The number of aryl methyl sites for hydroxylation is 1. The number of benzene rings is 2. The molecular formula is C21H19N3O2. The number of nitrogens with zero attached hydrogens (tertiary/aromatic N) is 2. The molecule has 0 fully saturated rings. The maximum atomic E-state index is 13.4. The van der Waals surface area contributed by atoms with E-state index in [9.17, 15) is 9.90 Å². The molecule has 1 unspecified atom stereocenters. The van der Waals surface area contributed by atoms with Crippen molar-refractivity contribution in [3.05, 3.63) is 65.4 Å². The molecule has 4 rings (SSSR count). The molecule has 26 heavy (non-hydrogen) atoms. The Morgan fingerprint density at radius 3 is 2.73 bits per heavy atom. The molecule has 5 nitrogen and oxygen atoms in total. The molecule has 2 heterocycles. The molecular weight excluding hydrogens is 326 g/mol. The first-order valence-corrected chi connectivity index (χ1v) is 8.67. The monoisotopic (exact) mass is 345 g/mol. The Balaban J connectivity index is 1.91. The third kappa shape index (κ3) is 2.16. The van der Waals surface area contributed by atoms with Crippen molar-refractivity contribution in [1.29, 1.82) is 5.26 Å². The van der Waals surface area contributed by atoms with E-state index in [1.165, 1.54) is 0 Å². The zero-order chi connectivity index (χ0) is 18.3. The lowest BCUT2D eigenvalue weighted by Gasteiger charge is -2.24. The first kappa shape index (κ1) is 16.4. The lowest BCUT2D eigenvalue weighted by atomic mass is 9.85. The molecule has 0 spiro atoms. The van der Waals surface area contributed by atoms with Crippen LogP contribution < -0.4 is 4.90 Å². The van der Waals surface area contributed by atoms with Gasteiger partial charge in [0.05, 0.1) is 11.8 Å². The van der Waals surface area contributed by atoms with Gasteiger partial charge in [0.1, 0.15) is 0 Å². The number of carbonyl (C=O) groups excluding carboxylic acids is 1. The number of aromatic amines is 1. The second kappa shape index (κ2) is 6.01. The molecule has 1 aliphatic heterocycles. The number of nitrogens with one attached hydrogen (secondary N) is 1. The van der Waals surface area contributed by atoms with E-state index in [1.807, 2.05) is 49.4 Å². The minimum Gasteiger partial charge on any atom is -0.372 e. The SMILES string of the molecule is Cc1[nH]c2ccccc2c1C1(O)C(=O)N(CCCC#N)c2ccccc21. The van der Waals surface area contributed by atoms with Gasteiger partial charge in [0.25, 0.3) is 5.91 Å². The van der Waals surface area contributed by atoms with Gasteiger partial charge < -0.3 is 15.0 Å². The van der Waals surface area contributed by atoms with Gasteiger partial charge in [-0.05, 0) is 25.5 Å². The summed E-state index contributed by atoms with van der Waals surface area (Å²) < 4.78 is 0. The average Bonchev–Trinajstić information content (AvgIpc) is 3.09. The lowest BCUT2D eigenvalue weighted by Crippen LogP contribution is -2.41. The predicted octanol–water partition coefficient (Wildman–Crippen LogP) is 3.36. The number of fused-ring (bicyclic) bond motifs is 2. The second-order valence-corrected chi connectivity index (χ2v) is 6.62. The molecule has 1 amide bonds. The minimum absolute atomic E-state index is 0.357. The number of aliphatic hydroxyl groups is 1. The standard InChI is InChI=1S/C21H19N3O2/c1-14-19(15-8-2-4-10-17(15)23-14)21(26)16-9-3-5-11-18(16)24(20(21)25)13-7-6-12-22/h2-5,8-11,23,26H,6-7,13H2,1H3. The van der Waals surface area contributed by atoms with Crippen LogP contribution in [0.25, 0.3) is 10.9 Å². The largest absolute Gasteiger partial charge is 0.372 e. The fraction of sp³-hybridized carbons (Fsp3) is 0.238. The van der Waals surface area contributed by atoms with Crippen LogP contribution in [0.2, 0.25) is 0 Å². The van der Waals surface area contributed by atoms with E-state index in [4.69, 9.17) is 5.26 Å². The van der Waals surface area contributed by atoms with Crippen LogP contribution in [-0.2, 0) is 10.4 Å². The summed E-state index contributed by atoms with van der Waals surface area (Å²) in [6.45, 7) is 2.29. The van der Waals surface area contributed by atoms with Crippen LogP contribution in [-0.4, -0.2) is 22.5 Å². The molecule has 0 radical (unpaired) electrons. The Kier molecular flexibility index (Phi) is 3.78. The number of hydrogen-bond donors (Lipinski definition) is 2. The highest BCUT2D eigenvalue weighted by atomic mass is 16.3. The number of nitriles is 1. The molecule has 2 aromatic carbocycles. The van der Waals surface area contributed by atoms with E-state index >= 15 is 0 Å². The fourth-order valence-corrected chi connectivity index (χ4v) is 3.96. The average molecular weight is 345 g/mol. The van der Waals surface area contributed by atoms with E-state index in [0.717, 1.165) is 16.6 Å². The zero-order valence-corrected chi connectivity index (χ0v) is 14.5. The molecule has 1 aromatic heterocycles. The Labute approximate surface area is 151 Å². The second-order valence-electron chi connectivity index (χ2n) is 6.62. The topological polar surface area (TPSA) is 80.1 Å². The number of rotatable bonds is 4. The van der Waals surface area contributed by atoms with Gasteiger partial charge in [0, 0.05) is 40.7 Å². The number of para-hydroxylation sites is 2. The van der Waals surface area contributed by atoms with Gasteiger partial charge in [-0.1, -0.05) is 36.4 Å². The van der Waals surface area contributed by atoms with Crippen LogP contribution in [0.4, 0.5) is 5.69 Å². The van der Waals surface area contributed by atoms with E-state index in [-0.39, 0.29) is 5.91 Å². The third-order valence-corrected chi connectivity index (χ3v) is 5.06. The molecule has 3 aromatic rings. The van der Waals surface area contributed by atoms with Crippen molar-refractivity contribution in [1.82, 2.24) is 4.98 Å². The highest BCUT2D eigenvalue weighted by Gasteiger charge is 2.52. The van der Waals surface area contributed by atoms with Crippen LogP contribution in [0.1, 0.15) is 29.7 Å². The first-order chi connectivity index (χ1) is 12.6. The quantitative estimate of drug-likeness (QED) is 0.712. The number of carbonyl (C=O) groups is 1. The van der Waals surface area contributed by atoms with Gasteiger partial charge in [0.2, 0.25) is 0 Å². The van der Waals surface area contributed by atoms with Crippen molar-refractivity contribution in [3.8, 4) is 6.07 Å². The molecule has 0 aliphatic carbocycles. The van der Waals surface area contributed by atoms with Crippen LogP contribution in [0, 0.1) is 18.3 Å². The Hall–Kier alpha value is -3.10. The van der Waals surface area contributed by atoms with Crippen molar-refractivity contribution in [2.45, 2.75) is 25.4 Å². The Bertz CT molecular complexity index is 1050. The number of H-pyrrole nitrogens is 1. The summed E-state index contributed by atoms with van der Waals surface area (Å²) in [6, 6.07) is 17.1. The minimum atomic E-state index is -1.73. The summed E-state index contributed by atoms with van der Waals surface area (Å²) in [5.74, 6) is -0.357. The van der Waals surface area contributed by atoms with E-state index in [1.54, 1.807) is 11.0 Å². The smallest absolute Gasteiger partial charge is 0.268 e. The van der Waals surface area contributed by atoms with Crippen molar-refractivity contribution >= 4 is 22.5 Å². The van der Waals surface area contributed by atoms with Gasteiger partial charge in [0.15, 0.2) is 5.60 Å². The lowest BCUT2D eigenvalue weighted by molar-refractivity contribution is -0.132. The predicted molar refractivity (Wildman–Crippen MR) is 99.7 cm³/mol. The molecule has 1 atom stereocenters. The Morgan fingerprint density at radius 2 is 1.92 bits per heavy atom. The number of aromatic nitrogens is 1. The highest BCUT2D eigenvalue weighted by molar-refractivity contribution is 6.11. The summed E-state index contributed by atoms with van der Waals surface area (Å²) in [7, 11) is 0. The van der Waals surface area contributed by atoms with E-state index in [0.29, 0.717) is 36.2 Å².